The average Bonchev–Trinajstić information content (AvgIpc) is 3.21. The molecule has 6 nitrogen and oxygen atoms in total. The minimum Gasteiger partial charge on any atom is -0.342 e. The van der Waals surface area contributed by atoms with E-state index in [1.807, 2.05) is 30.3 Å². The van der Waals surface area contributed by atoms with Gasteiger partial charge in [-0.2, -0.15) is 13.2 Å². The molecular weight excluding hydrogens is 471 g/mol. The van der Waals surface area contributed by atoms with E-state index < -0.39 is 29.5 Å². The molecule has 4 rings (SSSR count). The van der Waals surface area contributed by atoms with E-state index in [0.717, 1.165) is 23.9 Å². The number of halogens is 4. The van der Waals surface area contributed by atoms with E-state index in [-0.39, 0.29) is 28.9 Å². The van der Waals surface area contributed by atoms with Crippen LogP contribution < -0.4 is 10.2 Å². The molecule has 1 unspecified atom stereocenters. The Labute approximate surface area is 199 Å². The first kappa shape index (κ1) is 24.1. The van der Waals surface area contributed by atoms with Gasteiger partial charge in [-0.05, 0) is 43.2 Å². The quantitative estimate of drug-likeness (QED) is 0.677. The number of likely N-dealkylation sites (tertiary alicyclic amines) is 1. The van der Waals surface area contributed by atoms with Crippen LogP contribution in [0.2, 0.25) is 5.02 Å². The summed E-state index contributed by atoms with van der Waals surface area (Å²) >= 11 is 5.97. The molecule has 2 aliphatic heterocycles. The number of hydrogen-bond acceptors (Lipinski definition) is 3. The largest absolute Gasteiger partial charge is 0.416 e. The predicted molar refractivity (Wildman–Crippen MR) is 121 cm³/mol. The number of benzene rings is 2. The number of carbonyl (C=O) groups is 3. The lowest BCUT2D eigenvalue weighted by Gasteiger charge is -2.33. The van der Waals surface area contributed by atoms with E-state index in [0.29, 0.717) is 32.5 Å². The van der Waals surface area contributed by atoms with Gasteiger partial charge in [-0.3, -0.25) is 14.4 Å². The number of alkyl halides is 3. The van der Waals surface area contributed by atoms with Crippen LogP contribution >= 0.6 is 11.6 Å². The second-order valence-electron chi connectivity index (χ2n) is 8.52. The molecule has 0 aliphatic carbocycles. The van der Waals surface area contributed by atoms with Crippen molar-refractivity contribution in [1.29, 1.82) is 0 Å². The molecule has 0 spiro atoms. The Morgan fingerprint density at radius 1 is 1.00 bits per heavy atom. The lowest BCUT2D eigenvalue weighted by molar-refractivity contribution is -0.138. The van der Waals surface area contributed by atoms with Crippen LogP contribution in [0.15, 0.2) is 48.5 Å². The van der Waals surface area contributed by atoms with Gasteiger partial charge in [0.2, 0.25) is 17.7 Å². The summed E-state index contributed by atoms with van der Waals surface area (Å²) in [5.41, 5.74) is -0.236. The average molecular weight is 494 g/mol. The van der Waals surface area contributed by atoms with Gasteiger partial charge in [-0.25, -0.2) is 0 Å². The number of para-hydroxylation sites is 1. The Kier molecular flexibility index (Phi) is 6.84. The van der Waals surface area contributed by atoms with Crippen LogP contribution in [0.1, 0.15) is 24.8 Å². The minimum atomic E-state index is -4.55. The maximum Gasteiger partial charge on any atom is 0.416 e. The molecule has 2 aliphatic rings. The van der Waals surface area contributed by atoms with Crippen molar-refractivity contribution < 1.29 is 27.6 Å². The van der Waals surface area contributed by atoms with Crippen molar-refractivity contribution in [3.05, 3.63) is 59.1 Å². The van der Waals surface area contributed by atoms with Crippen LogP contribution in [0.4, 0.5) is 24.5 Å². The Morgan fingerprint density at radius 3 is 2.32 bits per heavy atom. The molecule has 0 radical (unpaired) electrons. The summed E-state index contributed by atoms with van der Waals surface area (Å²) in [6.07, 6.45) is -3.66. The van der Waals surface area contributed by atoms with E-state index in [4.69, 9.17) is 11.6 Å². The Bertz CT molecular complexity index is 1090. The molecule has 0 bridgehead atoms. The van der Waals surface area contributed by atoms with E-state index in [2.05, 4.69) is 5.32 Å². The summed E-state index contributed by atoms with van der Waals surface area (Å²) < 4.78 is 38.9. The molecule has 2 aromatic carbocycles. The Hall–Kier alpha value is -3.07. The van der Waals surface area contributed by atoms with E-state index >= 15 is 0 Å². The van der Waals surface area contributed by atoms with Crippen molar-refractivity contribution >= 4 is 40.7 Å². The van der Waals surface area contributed by atoms with Gasteiger partial charge in [0, 0.05) is 37.7 Å². The number of nitrogens with zero attached hydrogens (tertiary/aromatic N) is 2. The summed E-state index contributed by atoms with van der Waals surface area (Å²) in [6, 6.07) is 11.9. The molecule has 3 amide bonds. The lowest BCUT2D eigenvalue weighted by atomic mass is 9.94. The highest BCUT2D eigenvalue weighted by Crippen LogP contribution is 2.34. The van der Waals surface area contributed by atoms with Gasteiger partial charge in [0.25, 0.3) is 0 Å². The normalized spacial score (nSPS) is 19.4. The van der Waals surface area contributed by atoms with E-state index in [1.54, 1.807) is 9.80 Å². The van der Waals surface area contributed by atoms with Crippen LogP contribution in [-0.2, 0) is 20.6 Å². The van der Waals surface area contributed by atoms with Crippen LogP contribution in [0.25, 0.3) is 0 Å². The predicted octanol–water partition coefficient (Wildman–Crippen LogP) is 4.59. The summed E-state index contributed by atoms with van der Waals surface area (Å²) in [6.45, 7) is 0.989. The number of anilines is 2. The first-order valence-corrected chi connectivity index (χ1v) is 11.3. The maximum atomic E-state index is 13.0. The second kappa shape index (κ2) is 9.66. The third-order valence-electron chi connectivity index (χ3n) is 6.27. The highest BCUT2D eigenvalue weighted by Gasteiger charge is 2.39. The molecular formula is C24H23ClF3N3O3. The lowest BCUT2D eigenvalue weighted by Crippen LogP contribution is -2.44. The SMILES string of the molecule is O=C(Nc1cc(C(F)(F)F)ccc1Cl)C1CCN(C(=O)C2CC(=O)N(c3ccccc3)C2)CC1. The van der Waals surface area contributed by atoms with Gasteiger partial charge in [-0.1, -0.05) is 29.8 Å². The fraction of sp³-hybridized carbons (Fsp3) is 0.375. The van der Waals surface area contributed by atoms with Gasteiger partial charge < -0.3 is 15.1 Å². The molecule has 2 fully saturated rings. The van der Waals surface area contributed by atoms with Gasteiger partial charge >= 0.3 is 6.18 Å². The molecule has 2 saturated heterocycles. The fourth-order valence-corrected chi connectivity index (χ4v) is 4.55. The number of piperidine rings is 1. The number of amides is 3. The summed E-state index contributed by atoms with van der Waals surface area (Å²) in [5, 5.41) is 2.51. The zero-order valence-electron chi connectivity index (χ0n) is 18.1. The van der Waals surface area contributed by atoms with Crippen molar-refractivity contribution in [2.75, 3.05) is 29.9 Å². The summed E-state index contributed by atoms with van der Waals surface area (Å²) in [7, 11) is 0. The van der Waals surface area contributed by atoms with E-state index in [9.17, 15) is 27.6 Å². The van der Waals surface area contributed by atoms with Crippen LogP contribution in [0.3, 0.4) is 0 Å². The number of hydrogen-bond donors (Lipinski definition) is 1. The van der Waals surface area contributed by atoms with Crippen LogP contribution in [0, 0.1) is 11.8 Å². The van der Waals surface area contributed by atoms with Crippen molar-refractivity contribution in [1.82, 2.24) is 4.90 Å². The van der Waals surface area contributed by atoms with Crippen molar-refractivity contribution in [2.45, 2.75) is 25.4 Å². The summed E-state index contributed by atoms with van der Waals surface area (Å²) in [4.78, 5) is 41.3. The first-order chi connectivity index (χ1) is 16.1. The fourth-order valence-electron chi connectivity index (χ4n) is 4.38. The molecule has 0 saturated carbocycles. The number of rotatable bonds is 4. The zero-order valence-corrected chi connectivity index (χ0v) is 18.9. The highest BCUT2D eigenvalue weighted by molar-refractivity contribution is 6.33. The number of nitrogens with one attached hydrogen (secondary N) is 1. The molecule has 0 aromatic heterocycles. The molecule has 10 heteroatoms. The second-order valence-corrected chi connectivity index (χ2v) is 8.93. The van der Waals surface area contributed by atoms with Crippen LogP contribution in [0.5, 0.6) is 0 Å². The van der Waals surface area contributed by atoms with Crippen molar-refractivity contribution in [2.24, 2.45) is 11.8 Å². The topological polar surface area (TPSA) is 69.7 Å². The van der Waals surface area contributed by atoms with Crippen molar-refractivity contribution in [3.63, 3.8) is 0 Å². The van der Waals surface area contributed by atoms with Gasteiger partial charge in [0.1, 0.15) is 0 Å². The molecule has 1 N–H and O–H groups in total. The molecule has 34 heavy (non-hydrogen) atoms. The Morgan fingerprint density at radius 2 is 1.68 bits per heavy atom. The van der Waals surface area contributed by atoms with E-state index in [1.165, 1.54) is 0 Å². The minimum absolute atomic E-state index is 0.0165. The standard InChI is InChI=1S/C24H23ClF3N3O3/c25-19-7-6-17(24(26,27)28)13-20(19)29-22(33)15-8-10-30(11-9-15)23(34)16-12-21(32)31(14-16)18-4-2-1-3-5-18/h1-7,13,15-16H,8-12,14H2,(H,29,33). The molecule has 1 atom stereocenters. The maximum absolute atomic E-state index is 13.0. The van der Waals surface area contributed by atoms with Crippen molar-refractivity contribution in [3.8, 4) is 0 Å². The van der Waals surface area contributed by atoms with Gasteiger partial charge in [0.15, 0.2) is 0 Å². The van der Waals surface area contributed by atoms with Crippen LogP contribution in [-0.4, -0.2) is 42.3 Å². The third-order valence-corrected chi connectivity index (χ3v) is 6.60. The third kappa shape index (κ3) is 5.19. The zero-order chi connectivity index (χ0) is 24.5. The molecule has 2 aromatic rings. The van der Waals surface area contributed by atoms with Gasteiger partial charge in [0.05, 0.1) is 22.2 Å². The molecule has 2 heterocycles. The first-order valence-electron chi connectivity index (χ1n) is 11.0. The number of carbonyl (C=O) groups excluding carboxylic acids is 3. The summed E-state index contributed by atoms with van der Waals surface area (Å²) in [5.74, 6) is -1.55. The highest BCUT2D eigenvalue weighted by atomic mass is 35.5. The smallest absolute Gasteiger partial charge is 0.342 e. The molecule has 180 valence electrons. The van der Waals surface area contributed by atoms with Gasteiger partial charge in [-0.15, -0.1) is 0 Å². The Balaban J connectivity index is 1.32. The monoisotopic (exact) mass is 493 g/mol.